The van der Waals surface area contributed by atoms with Crippen molar-refractivity contribution in [2.24, 2.45) is 5.92 Å². The zero-order valence-electron chi connectivity index (χ0n) is 13.0. The van der Waals surface area contributed by atoms with Crippen LogP contribution in [-0.2, 0) is 4.79 Å². The summed E-state index contributed by atoms with van der Waals surface area (Å²) < 4.78 is 5.72. The van der Waals surface area contributed by atoms with E-state index in [2.05, 4.69) is 26.8 Å². The summed E-state index contributed by atoms with van der Waals surface area (Å²) in [5.74, 6) is 1.67. The van der Waals surface area contributed by atoms with Crippen LogP contribution in [-0.4, -0.2) is 30.5 Å². The SMILES string of the molecule is Cc1cc(C)c(OCC(=O)N2CCC(C)CC2)cc1C. The van der Waals surface area contributed by atoms with E-state index in [9.17, 15) is 4.79 Å². The summed E-state index contributed by atoms with van der Waals surface area (Å²) >= 11 is 0. The highest BCUT2D eigenvalue weighted by molar-refractivity contribution is 5.77. The highest BCUT2D eigenvalue weighted by atomic mass is 16.5. The number of likely N-dealkylation sites (tertiary alicyclic amines) is 1. The largest absolute Gasteiger partial charge is 0.483 e. The maximum Gasteiger partial charge on any atom is 0.260 e. The van der Waals surface area contributed by atoms with Crippen LogP contribution in [0.1, 0.15) is 36.5 Å². The van der Waals surface area contributed by atoms with Crippen molar-refractivity contribution in [3.05, 3.63) is 28.8 Å². The van der Waals surface area contributed by atoms with Gasteiger partial charge < -0.3 is 9.64 Å². The first-order chi connectivity index (χ1) is 9.47. The number of nitrogens with zero attached hydrogens (tertiary/aromatic N) is 1. The van der Waals surface area contributed by atoms with Gasteiger partial charge in [-0.1, -0.05) is 13.0 Å². The van der Waals surface area contributed by atoms with Crippen LogP contribution in [0.4, 0.5) is 0 Å². The normalized spacial score (nSPS) is 16.3. The molecule has 3 heteroatoms. The fourth-order valence-corrected chi connectivity index (χ4v) is 2.58. The highest BCUT2D eigenvalue weighted by Gasteiger charge is 2.20. The third kappa shape index (κ3) is 3.53. The smallest absolute Gasteiger partial charge is 0.260 e. The number of aryl methyl sites for hydroxylation is 3. The Labute approximate surface area is 121 Å². The zero-order chi connectivity index (χ0) is 14.7. The Balaban J connectivity index is 1.92. The fraction of sp³-hybridized carbons (Fsp3) is 0.588. The number of carbonyl (C=O) groups excluding carboxylic acids is 1. The third-order valence-electron chi connectivity index (χ3n) is 4.28. The molecule has 1 saturated heterocycles. The van der Waals surface area contributed by atoms with Crippen molar-refractivity contribution in [3.8, 4) is 5.75 Å². The molecule has 0 unspecified atom stereocenters. The first-order valence-electron chi connectivity index (χ1n) is 7.46. The van der Waals surface area contributed by atoms with Gasteiger partial charge >= 0.3 is 0 Å². The van der Waals surface area contributed by atoms with Gasteiger partial charge in [0.1, 0.15) is 5.75 Å². The van der Waals surface area contributed by atoms with Crippen molar-refractivity contribution < 1.29 is 9.53 Å². The number of piperidine rings is 1. The second-order valence-corrected chi connectivity index (χ2v) is 6.05. The van der Waals surface area contributed by atoms with Gasteiger partial charge in [0, 0.05) is 13.1 Å². The molecule has 1 aliphatic heterocycles. The van der Waals surface area contributed by atoms with Crippen LogP contribution < -0.4 is 4.74 Å². The van der Waals surface area contributed by atoms with Gasteiger partial charge in [-0.25, -0.2) is 0 Å². The molecule has 1 heterocycles. The zero-order valence-corrected chi connectivity index (χ0v) is 13.0. The Morgan fingerprint density at radius 1 is 1.15 bits per heavy atom. The van der Waals surface area contributed by atoms with E-state index in [0.29, 0.717) is 0 Å². The lowest BCUT2D eigenvalue weighted by Gasteiger charge is -2.30. The lowest BCUT2D eigenvalue weighted by Crippen LogP contribution is -2.40. The number of amides is 1. The molecule has 0 aliphatic carbocycles. The van der Waals surface area contributed by atoms with Gasteiger partial charge in [0.15, 0.2) is 6.61 Å². The Bertz CT molecular complexity index is 488. The molecule has 3 nitrogen and oxygen atoms in total. The van der Waals surface area contributed by atoms with Gasteiger partial charge in [-0.05, 0) is 62.3 Å². The van der Waals surface area contributed by atoms with Gasteiger partial charge in [-0.2, -0.15) is 0 Å². The van der Waals surface area contributed by atoms with Crippen LogP contribution in [0.25, 0.3) is 0 Å². The van der Waals surface area contributed by atoms with E-state index in [0.717, 1.165) is 43.2 Å². The standard InChI is InChI=1S/C17H25NO2/c1-12-5-7-18(8-6-12)17(19)11-20-16-10-14(3)13(2)9-15(16)4/h9-10,12H,5-8,11H2,1-4H3. The molecule has 0 aromatic heterocycles. The molecule has 0 bridgehead atoms. The Morgan fingerprint density at radius 2 is 1.75 bits per heavy atom. The van der Waals surface area contributed by atoms with Gasteiger partial charge in [-0.15, -0.1) is 0 Å². The summed E-state index contributed by atoms with van der Waals surface area (Å²) in [6.07, 6.45) is 2.21. The van der Waals surface area contributed by atoms with Crippen LogP contribution in [0.3, 0.4) is 0 Å². The number of rotatable bonds is 3. The van der Waals surface area contributed by atoms with E-state index < -0.39 is 0 Å². The average molecular weight is 275 g/mol. The minimum absolute atomic E-state index is 0.106. The molecule has 1 fully saturated rings. The van der Waals surface area contributed by atoms with Crippen molar-refractivity contribution in [1.29, 1.82) is 0 Å². The van der Waals surface area contributed by atoms with E-state index in [4.69, 9.17) is 4.74 Å². The van der Waals surface area contributed by atoms with Gasteiger partial charge in [0.2, 0.25) is 0 Å². The van der Waals surface area contributed by atoms with Crippen LogP contribution in [0.5, 0.6) is 5.75 Å². The summed E-state index contributed by atoms with van der Waals surface area (Å²) in [5, 5.41) is 0. The molecular weight excluding hydrogens is 250 g/mol. The van der Waals surface area contributed by atoms with E-state index in [1.54, 1.807) is 0 Å². The molecule has 1 aromatic rings. The van der Waals surface area contributed by atoms with E-state index in [1.807, 2.05) is 17.9 Å². The maximum absolute atomic E-state index is 12.1. The van der Waals surface area contributed by atoms with E-state index in [-0.39, 0.29) is 12.5 Å². The van der Waals surface area contributed by atoms with E-state index >= 15 is 0 Å². The molecule has 0 N–H and O–H groups in total. The lowest BCUT2D eigenvalue weighted by atomic mass is 9.99. The molecule has 0 saturated carbocycles. The van der Waals surface area contributed by atoms with Gasteiger partial charge in [0.05, 0.1) is 0 Å². The Kier molecular flexibility index (Phi) is 4.69. The van der Waals surface area contributed by atoms with E-state index in [1.165, 1.54) is 11.1 Å². The summed E-state index contributed by atoms with van der Waals surface area (Å²) in [5.41, 5.74) is 3.55. The summed E-state index contributed by atoms with van der Waals surface area (Å²) in [4.78, 5) is 14.1. The minimum Gasteiger partial charge on any atom is -0.483 e. The Hall–Kier alpha value is -1.51. The van der Waals surface area contributed by atoms with Crippen LogP contribution >= 0.6 is 0 Å². The minimum atomic E-state index is 0.106. The molecule has 0 atom stereocenters. The van der Waals surface area contributed by atoms with Gasteiger partial charge in [0.25, 0.3) is 5.91 Å². The van der Waals surface area contributed by atoms with Crippen LogP contribution in [0, 0.1) is 26.7 Å². The van der Waals surface area contributed by atoms with Crippen molar-refractivity contribution in [2.45, 2.75) is 40.5 Å². The first kappa shape index (κ1) is 14.9. The predicted molar refractivity (Wildman–Crippen MR) is 81.1 cm³/mol. The highest BCUT2D eigenvalue weighted by Crippen LogP contribution is 2.22. The quantitative estimate of drug-likeness (QED) is 0.847. The molecule has 1 amide bonds. The second kappa shape index (κ2) is 6.29. The number of hydrogen-bond acceptors (Lipinski definition) is 2. The topological polar surface area (TPSA) is 29.5 Å². The number of benzene rings is 1. The molecule has 0 spiro atoms. The fourth-order valence-electron chi connectivity index (χ4n) is 2.58. The molecular formula is C17H25NO2. The Morgan fingerprint density at radius 3 is 2.40 bits per heavy atom. The van der Waals surface area contributed by atoms with Crippen molar-refractivity contribution >= 4 is 5.91 Å². The lowest BCUT2D eigenvalue weighted by molar-refractivity contribution is -0.134. The molecule has 20 heavy (non-hydrogen) atoms. The molecule has 1 aliphatic rings. The third-order valence-corrected chi connectivity index (χ3v) is 4.28. The second-order valence-electron chi connectivity index (χ2n) is 6.05. The number of carbonyl (C=O) groups is 1. The van der Waals surface area contributed by atoms with Crippen molar-refractivity contribution in [2.75, 3.05) is 19.7 Å². The molecule has 1 aromatic carbocycles. The monoisotopic (exact) mass is 275 g/mol. The summed E-state index contributed by atoms with van der Waals surface area (Å²) in [6.45, 7) is 10.3. The first-order valence-corrected chi connectivity index (χ1v) is 7.46. The maximum atomic E-state index is 12.1. The van der Waals surface area contributed by atoms with Crippen molar-refractivity contribution in [3.63, 3.8) is 0 Å². The van der Waals surface area contributed by atoms with Crippen molar-refractivity contribution in [1.82, 2.24) is 4.90 Å². The number of ether oxygens (including phenoxy) is 1. The molecule has 0 radical (unpaired) electrons. The van der Waals surface area contributed by atoms with Crippen LogP contribution in [0.2, 0.25) is 0 Å². The van der Waals surface area contributed by atoms with Gasteiger partial charge in [-0.3, -0.25) is 4.79 Å². The average Bonchev–Trinajstić information content (AvgIpc) is 2.42. The van der Waals surface area contributed by atoms with Crippen LogP contribution in [0.15, 0.2) is 12.1 Å². The summed E-state index contributed by atoms with van der Waals surface area (Å²) in [7, 11) is 0. The molecule has 110 valence electrons. The number of hydrogen-bond donors (Lipinski definition) is 0. The predicted octanol–water partition coefficient (Wildman–Crippen LogP) is 3.25. The summed E-state index contributed by atoms with van der Waals surface area (Å²) in [6, 6.07) is 4.13. The molecule has 2 rings (SSSR count).